The molecule has 3 rings (SSSR count). The summed E-state index contributed by atoms with van der Waals surface area (Å²) in [6, 6.07) is 16.3. The molecule has 0 aliphatic rings. The molecule has 3 aromatic rings. The molecule has 136 valence electrons. The molecule has 1 heterocycles. The summed E-state index contributed by atoms with van der Waals surface area (Å²) in [7, 11) is -2.13. The normalized spacial score (nSPS) is 12.0. The van der Waals surface area contributed by atoms with E-state index in [-0.39, 0.29) is 17.3 Å². The van der Waals surface area contributed by atoms with Crippen LogP contribution in [-0.2, 0) is 16.6 Å². The molecule has 26 heavy (non-hydrogen) atoms. The molecule has 0 fully saturated rings. The number of aromatic nitrogens is 2. The van der Waals surface area contributed by atoms with Gasteiger partial charge in [0.05, 0.1) is 11.4 Å². The van der Waals surface area contributed by atoms with E-state index in [1.54, 1.807) is 12.1 Å². The van der Waals surface area contributed by atoms with E-state index >= 15 is 0 Å². The maximum atomic E-state index is 12.7. The third-order valence-electron chi connectivity index (χ3n) is 4.11. The second-order valence-corrected chi connectivity index (χ2v) is 8.41. The summed E-state index contributed by atoms with van der Waals surface area (Å²) >= 11 is 0. The zero-order valence-electron chi connectivity index (χ0n) is 15.0. The molecule has 7 heteroatoms. The van der Waals surface area contributed by atoms with Gasteiger partial charge in [-0.25, -0.2) is 8.42 Å². The van der Waals surface area contributed by atoms with Crippen molar-refractivity contribution in [2.24, 2.45) is 0 Å². The molecule has 0 bridgehead atoms. The van der Waals surface area contributed by atoms with Crippen LogP contribution in [0.5, 0.6) is 0 Å². The lowest BCUT2D eigenvalue weighted by Gasteiger charge is -2.15. The summed E-state index contributed by atoms with van der Waals surface area (Å²) in [5.41, 5.74) is 1.91. The molecule has 0 saturated heterocycles. The first-order valence-corrected chi connectivity index (χ1v) is 9.76. The quantitative estimate of drug-likeness (QED) is 0.661. The molecule has 0 unspecified atom stereocenters. The van der Waals surface area contributed by atoms with Gasteiger partial charge in [0.2, 0.25) is 21.7 Å². The number of hydrogen-bond acceptors (Lipinski definition) is 5. The molecule has 0 aliphatic heterocycles. The van der Waals surface area contributed by atoms with Gasteiger partial charge >= 0.3 is 0 Å². The molecule has 0 saturated carbocycles. The second kappa shape index (κ2) is 7.39. The summed E-state index contributed by atoms with van der Waals surface area (Å²) in [4.78, 5) is 4.52. The molecule has 0 N–H and O–H groups in total. The summed E-state index contributed by atoms with van der Waals surface area (Å²) in [6.45, 7) is 4.14. The van der Waals surface area contributed by atoms with Crippen LogP contribution in [0.4, 0.5) is 0 Å². The van der Waals surface area contributed by atoms with Crippen LogP contribution < -0.4 is 0 Å². The second-order valence-electron chi connectivity index (χ2n) is 6.36. The number of rotatable bonds is 6. The minimum atomic E-state index is -3.63. The highest BCUT2D eigenvalue weighted by Gasteiger charge is 2.23. The largest absolute Gasteiger partial charge is 0.338 e. The van der Waals surface area contributed by atoms with Gasteiger partial charge in [-0.3, -0.25) is 0 Å². The standard InChI is InChI=1S/C19H21N3O3S/c1-14(2)15-9-11-17(12-10-15)26(23,24)22(3)13-18-20-19(21-25-18)16-7-5-4-6-8-16/h4-12,14H,13H2,1-3H3. The Labute approximate surface area is 153 Å². The average molecular weight is 371 g/mol. The van der Waals surface area contributed by atoms with Crippen LogP contribution in [0.3, 0.4) is 0 Å². The molecular weight excluding hydrogens is 350 g/mol. The lowest BCUT2D eigenvalue weighted by Crippen LogP contribution is -2.26. The smallest absolute Gasteiger partial charge is 0.243 e. The van der Waals surface area contributed by atoms with E-state index in [2.05, 4.69) is 24.0 Å². The van der Waals surface area contributed by atoms with Crippen LogP contribution in [0, 0.1) is 0 Å². The molecular formula is C19H21N3O3S. The van der Waals surface area contributed by atoms with E-state index < -0.39 is 10.0 Å². The summed E-state index contributed by atoms with van der Waals surface area (Å²) < 4.78 is 31.9. The van der Waals surface area contributed by atoms with E-state index in [1.807, 2.05) is 42.5 Å². The third kappa shape index (κ3) is 3.84. The highest BCUT2D eigenvalue weighted by Crippen LogP contribution is 2.21. The zero-order chi connectivity index (χ0) is 18.7. The van der Waals surface area contributed by atoms with Gasteiger partial charge in [0.25, 0.3) is 0 Å². The van der Waals surface area contributed by atoms with Gasteiger partial charge in [-0.1, -0.05) is 61.5 Å². The van der Waals surface area contributed by atoms with Gasteiger partial charge in [-0.15, -0.1) is 0 Å². The number of benzene rings is 2. The summed E-state index contributed by atoms with van der Waals surface area (Å²) in [5, 5.41) is 3.92. The van der Waals surface area contributed by atoms with Gasteiger partial charge < -0.3 is 4.52 Å². The first kappa shape index (κ1) is 18.3. The van der Waals surface area contributed by atoms with Crippen molar-refractivity contribution >= 4 is 10.0 Å². The molecule has 0 radical (unpaired) electrons. The van der Waals surface area contributed by atoms with E-state index in [9.17, 15) is 8.42 Å². The van der Waals surface area contributed by atoms with Crippen molar-refractivity contribution in [2.45, 2.75) is 31.2 Å². The summed E-state index contributed by atoms with van der Waals surface area (Å²) in [5.74, 6) is 1.03. The van der Waals surface area contributed by atoms with Crippen molar-refractivity contribution in [1.29, 1.82) is 0 Å². The Kier molecular flexibility index (Phi) is 5.20. The third-order valence-corrected chi connectivity index (χ3v) is 5.93. The SMILES string of the molecule is CC(C)c1ccc(S(=O)(=O)N(C)Cc2nc(-c3ccccc3)no2)cc1. The fourth-order valence-corrected chi connectivity index (χ4v) is 3.62. The topological polar surface area (TPSA) is 76.3 Å². The van der Waals surface area contributed by atoms with Crippen molar-refractivity contribution in [1.82, 2.24) is 14.4 Å². The van der Waals surface area contributed by atoms with Gasteiger partial charge in [0.15, 0.2) is 0 Å². The monoisotopic (exact) mass is 371 g/mol. The van der Waals surface area contributed by atoms with Crippen LogP contribution in [0.25, 0.3) is 11.4 Å². The molecule has 1 aromatic heterocycles. The molecule has 0 amide bonds. The van der Waals surface area contributed by atoms with E-state index in [0.29, 0.717) is 11.7 Å². The first-order valence-electron chi connectivity index (χ1n) is 8.32. The van der Waals surface area contributed by atoms with Gasteiger partial charge in [0.1, 0.15) is 0 Å². The van der Waals surface area contributed by atoms with Gasteiger partial charge in [0, 0.05) is 12.6 Å². The number of sulfonamides is 1. The minimum Gasteiger partial charge on any atom is -0.338 e. The first-order chi connectivity index (χ1) is 12.4. The predicted molar refractivity (Wildman–Crippen MR) is 98.9 cm³/mol. The Morgan fingerprint density at radius 1 is 1.04 bits per heavy atom. The van der Waals surface area contributed by atoms with E-state index in [4.69, 9.17) is 4.52 Å². The fourth-order valence-electron chi connectivity index (χ4n) is 2.50. The maximum Gasteiger partial charge on any atom is 0.243 e. The predicted octanol–water partition coefficient (Wildman–Crippen LogP) is 3.68. The van der Waals surface area contributed by atoms with Crippen molar-refractivity contribution in [2.75, 3.05) is 7.05 Å². The van der Waals surface area contributed by atoms with Crippen molar-refractivity contribution in [3.8, 4) is 11.4 Å². The van der Waals surface area contributed by atoms with E-state index in [0.717, 1.165) is 11.1 Å². The molecule has 0 atom stereocenters. The Hall–Kier alpha value is -2.51. The van der Waals surface area contributed by atoms with Gasteiger partial charge in [-0.05, 0) is 23.6 Å². The molecule has 0 aliphatic carbocycles. The Morgan fingerprint density at radius 2 is 1.69 bits per heavy atom. The van der Waals surface area contributed by atoms with Crippen LogP contribution >= 0.6 is 0 Å². The molecule has 6 nitrogen and oxygen atoms in total. The Morgan fingerprint density at radius 3 is 2.31 bits per heavy atom. The van der Waals surface area contributed by atoms with Gasteiger partial charge in [-0.2, -0.15) is 9.29 Å². The molecule has 2 aromatic carbocycles. The minimum absolute atomic E-state index is 0.00803. The number of nitrogens with zero attached hydrogens (tertiary/aromatic N) is 3. The van der Waals surface area contributed by atoms with Crippen LogP contribution in [0.2, 0.25) is 0 Å². The summed E-state index contributed by atoms with van der Waals surface area (Å²) in [6.07, 6.45) is 0. The molecule has 0 spiro atoms. The van der Waals surface area contributed by atoms with Crippen LogP contribution in [-0.4, -0.2) is 29.9 Å². The van der Waals surface area contributed by atoms with Crippen molar-refractivity contribution in [3.05, 3.63) is 66.1 Å². The zero-order valence-corrected chi connectivity index (χ0v) is 15.8. The van der Waals surface area contributed by atoms with Crippen LogP contribution in [0.15, 0.2) is 64.0 Å². The highest BCUT2D eigenvalue weighted by atomic mass is 32.2. The van der Waals surface area contributed by atoms with Crippen molar-refractivity contribution < 1.29 is 12.9 Å². The highest BCUT2D eigenvalue weighted by molar-refractivity contribution is 7.89. The van der Waals surface area contributed by atoms with Crippen LogP contribution in [0.1, 0.15) is 31.2 Å². The average Bonchev–Trinajstić information content (AvgIpc) is 3.11. The lowest BCUT2D eigenvalue weighted by atomic mass is 10.0. The number of hydrogen-bond donors (Lipinski definition) is 0. The van der Waals surface area contributed by atoms with E-state index in [1.165, 1.54) is 11.4 Å². The fraction of sp³-hybridized carbons (Fsp3) is 0.263. The maximum absolute atomic E-state index is 12.7. The van der Waals surface area contributed by atoms with Crippen molar-refractivity contribution in [3.63, 3.8) is 0 Å². The lowest BCUT2D eigenvalue weighted by molar-refractivity contribution is 0.337. The Bertz CT molecular complexity index is 965. The Balaban J connectivity index is 1.76.